The molecule has 2 aromatic rings. The van der Waals surface area contributed by atoms with Gasteiger partial charge in [-0.2, -0.15) is 0 Å². The maximum absolute atomic E-state index is 12.7. The van der Waals surface area contributed by atoms with E-state index in [1.54, 1.807) is 26.0 Å². The molecule has 1 amide bonds. The minimum Gasteiger partial charge on any atom is -0.453 e. The summed E-state index contributed by atoms with van der Waals surface area (Å²) in [6.45, 7) is 6.05. The van der Waals surface area contributed by atoms with Gasteiger partial charge in [0.25, 0.3) is 0 Å². The molecule has 0 spiro atoms. The smallest absolute Gasteiger partial charge is 0.326 e. The van der Waals surface area contributed by atoms with Gasteiger partial charge in [0.1, 0.15) is 6.54 Å². The number of carbonyl (C=O) groups excluding carboxylic acids is 4. The Hall–Kier alpha value is -2.87. The molecule has 29 heavy (non-hydrogen) atoms. The van der Waals surface area contributed by atoms with Crippen LogP contribution in [0.2, 0.25) is 0 Å². The fourth-order valence-corrected chi connectivity index (χ4v) is 4.41. The highest BCUT2D eigenvalue weighted by Gasteiger charge is 2.30. The lowest BCUT2D eigenvalue weighted by molar-refractivity contribution is -0.145. The Bertz CT molecular complexity index is 1010. The summed E-state index contributed by atoms with van der Waals surface area (Å²) >= 11 is 1.42. The molecule has 1 atom stereocenters. The molecule has 8 heteroatoms. The fourth-order valence-electron chi connectivity index (χ4n) is 3.47. The number of carbonyl (C=O) groups is 4. The van der Waals surface area contributed by atoms with E-state index in [1.807, 2.05) is 12.1 Å². The fraction of sp³-hybridized carbons (Fsp3) is 0.333. The predicted molar refractivity (Wildman–Crippen MR) is 110 cm³/mol. The number of hydrogen-bond acceptors (Lipinski definition) is 6. The lowest BCUT2D eigenvalue weighted by Crippen LogP contribution is -2.41. The number of ether oxygens (including phenoxy) is 1. The van der Waals surface area contributed by atoms with Crippen LogP contribution in [0.3, 0.4) is 0 Å². The van der Waals surface area contributed by atoms with Gasteiger partial charge in [0.15, 0.2) is 11.9 Å². The Kier molecular flexibility index (Phi) is 5.93. The van der Waals surface area contributed by atoms with Gasteiger partial charge in [-0.15, -0.1) is 11.8 Å². The topological polar surface area (TPSA) is 96.5 Å². The monoisotopic (exact) mass is 414 g/mol. The summed E-state index contributed by atoms with van der Waals surface area (Å²) in [6, 6.07) is 7.33. The third kappa shape index (κ3) is 4.12. The SMILES string of the molecule is CC(=O)c1c(C)[nH]c(C(=O)C(C)OC(=O)CN2C(=O)CSc3ccccc32)c1C. The zero-order valence-corrected chi connectivity index (χ0v) is 17.5. The number of aromatic nitrogens is 1. The van der Waals surface area contributed by atoms with E-state index in [0.717, 1.165) is 4.90 Å². The van der Waals surface area contributed by atoms with Crippen molar-refractivity contribution in [2.75, 3.05) is 17.2 Å². The number of fused-ring (bicyclic) bond motifs is 1. The van der Waals surface area contributed by atoms with Crippen molar-refractivity contribution in [3.05, 3.63) is 46.8 Å². The number of Topliss-reactive ketones (excluding diaryl/α,β-unsaturated/α-hetero) is 2. The number of thioether (sulfide) groups is 1. The van der Waals surface area contributed by atoms with Crippen LogP contribution in [0, 0.1) is 13.8 Å². The first-order chi connectivity index (χ1) is 13.7. The number of H-pyrrole nitrogens is 1. The van der Waals surface area contributed by atoms with Crippen molar-refractivity contribution in [2.45, 2.75) is 38.7 Å². The van der Waals surface area contributed by atoms with Crippen LogP contribution in [0.1, 0.15) is 46.0 Å². The molecule has 1 aliphatic heterocycles. The van der Waals surface area contributed by atoms with Gasteiger partial charge in [-0.25, -0.2) is 0 Å². The maximum atomic E-state index is 12.7. The third-order valence-corrected chi connectivity index (χ3v) is 5.86. The van der Waals surface area contributed by atoms with Gasteiger partial charge in [-0.05, 0) is 45.4 Å². The summed E-state index contributed by atoms with van der Waals surface area (Å²) < 4.78 is 5.30. The van der Waals surface area contributed by atoms with Crippen molar-refractivity contribution in [1.29, 1.82) is 0 Å². The second-order valence-electron chi connectivity index (χ2n) is 6.91. The van der Waals surface area contributed by atoms with E-state index in [9.17, 15) is 19.2 Å². The largest absolute Gasteiger partial charge is 0.453 e. The van der Waals surface area contributed by atoms with Gasteiger partial charge < -0.3 is 9.72 Å². The number of amides is 1. The molecule has 1 aromatic carbocycles. The average molecular weight is 414 g/mol. The Morgan fingerprint density at radius 3 is 2.59 bits per heavy atom. The van der Waals surface area contributed by atoms with E-state index < -0.39 is 17.9 Å². The zero-order valence-electron chi connectivity index (χ0n) is 16.7. The number of nitrogens with one attached hydrogen (secondary N) is 1. The number of ketones is 2. The normalized spacial score (nSPS) is 14.3. The molecule has 3 rings (SSSR count). The van der Waals surface area contributed by atoms with Gasteiger partial charge in [0, 0.05) is 16.2 Å². The van der Waals surface area contributed by atoms with E-state index >= 15 is 0 Å². The van der Waals surface area contributed by atoms with Crippen LogP contribution >= 0.6 is 11.8 Å². The lowest BCUT2D eigenvalue weighted by atomic mass is 10.0. The van der Waals surface area contributed by atoms with Crippen LogP contribution in [0.4, 0.5) is 5.69 Å². The minimum atomic E-state index is -1.05. The standard InChI is InChI=1S/C21H22N2O5S/c1-11-19(13(3)24)12(2)22-20(11)21(27)14(4)28-18(26)9-23-15-7-5-6-8-16(15)29-10-17(23)25/h5-8,14,22H,9-10H2,1-4H3. The molecule has 0 bridgehead atoms. The van der Waals surface area contributed by atoms with Gasteiger partial charge in [0.2, 0.25) is 11.7 Å². The molecule has 2 heterocycles. The van der Waals surface area contributed by atoms with Crippen molar-refractivity contribution in [1.82, 2.24) is 4.98 Å². The number of nitrogens with zero attached hydrogens (tertiary/aromatic N) is 1. The van der Waals surface area contributed by atoms with E-state index in [4.69, 9.17) is 4.74 Å². The van der Waals surface area contributed by atoms with Crippen LogP contribution < -0.4 is 4.90 Å². The molecule has 1 unspecified atom stereocenters. The number of esters is 1. The number of benzene rings is 1. The average Bonchev–Trinajstić information content (AvgIpc) is 2.97. The molecule has 0 radical (unpaired) electrons. The summed E-state index contributed by atoms with van der Waals surface area (Å²) in [5.41, 5.74) is 2.53. The van der Waals surface area contributed by atoms with Crippen molar-refractivity contribution >= 4 is 40.9 Å². The second kappa shape index (κ2) is 8.24. The van der Waals surface area contributed by atoms with E-state index in [0.29, 0.717) is 22.5 Å². The number of rotatable bonds is 6. The number of anilines is 1. The highest BCUT2D eigenvalue weighted by atomic mass is 32.2. The zero-order chi connectivity index (χ0) is 21.3. The Morgan fingerprint density at radius 2 is 1.93 bits per heavy atom. The van der Waals surface area contributed by atoms with Crippen LogP contribution in [-0.2, 0) is 14.3 Å². The van der Waals surface area contributed by atoms with Crippen LogP contribution in [0.5, 0.6) is 0 Å². The number of para-hydroxylation sites is 1. The summed E-state index contributed by atoms with van der Waals surface area (Å²) in [7, 11) is 0. The van der Waals surface area contributed by atoms with Crippen LogP contribution in [0.25, 0.3) is 0 Å². The molecule has 1 aliphatic rings. The third-order valence-electron chi connectivity index (χ3n) is 4.81. The minimum absolute atomic E-state index is 0.139. The highest BCUT2D eigenvalue weighted by Crippen LogP contribution is 2.34. The van der Waals surface area contributed by atoms with Crippen molar-refractivity contribution in [3.8, 4) is 0 Å². The van der Waals surface area contributed by atoms with E-state index in [1.165, 1.54) is 30.5 Å². The molecule has 0 saturated carbocycles. The van der Waals surface area contributed by atoms with Crippen LogP contribution in [0.15, 0.2) is 29.2 Å². The number of aryl methyl sites for hydroxylation is 1. The molecule has 0 saturated heterocycles. The highest BCUT2D eigenvalue weighted by molar-refractivity contribution is 8.00. The first kappa shape index (κ1) is 20.9. The van der Waals surface area contributed by atoms with Crippen molar-refractivity contribution in [3.63, 3.8) is 0 Å². The van der Waals surface area contributed by atoms with Gasteiger partial charge in [-0.3, -0.25) is 24.1 Å². The lowest BCUT2D eigenvalue weighted by Gasteiger charge is -2.28. The first-order valence-electron chi connectivity index (χ1n) is 9.16. The predicted octanol–water partition coefficient (Wildman–Crippen LogP) is 3.09. The van der Waals surface area contributed by atoms with Gasteiger partial charge in [0.05, 0.1) is 17.1 Å². The Labute approximate surface area is 172 Å². The molecule has 152 valence electrons. The van der Waals surface area contributed by atoms with Gasteiger partial charge >= 0.3 is 5.97 Å². The summed E-state index contributed by atoms with van der Waals surface area (Å²) in [5.74, 6) is -1.18. The molecule has 1 aromatic heterocycles. The molecule has 0 aliphatic carbocycles. The second-order valence-corrected chi connectivity index (χ2v) is 7.93. The summed E-state index contributed by atoms with van der Waals surface area (Å²) in [4.78, 5) is 54.4. The quantitative estimate of drug-likeness (QED) is 0.576. The van der Waals surface area contributed by atoms with Crippen molar-refractivity contribution < 1.29 is 23.9 Å². The maximum Gasteiger partial charge on any atom is 0.326 e. The van der Waals surface area contributed by atoms with E-state index in [-0.39, 0.29) is 29.7 Å². The Morgan fingerprint density at radius 1 is 1.24 bits per heavy atom. The number of aromatic amines is 1. The molecule has 1 N–H and O–H groups in total. The van der Waals surface area contributed by atoms with E-state index in [2.05, 4.69) is 4.98 Å². The van der Waals surface area contributed by atoms with Crippen LogP contribution in [-0.4, -0.2) is 46.8 Å². The van der Waals surface area contributed by atoms with Gasteiger partial charge in [-0.1, -0.05) is 12.1 Å². The molecule has 7 nitrogen and oxygen atoms in total. The van der Waals surface area contributed by atoms with Crippen molar-refractivity contribution in [2.24, 2.45) is 0 Å². The molecular formula is C21H22N2O5S. The summed E-state index contributed by atoms with van der Waals surface area (Å²) in [6.07, 6.45) is -1.05. The summed E-state index contributed by atoms with van der Waals surface area (Å²) in [5, 5.41) is 0. The first-order valence-corrected chi connectivity index (χ1v) is 10.1. The molecular weight excluding hydrogens is 392 g/mol. The molecule has 0 fully saturated rings. The Balaban J connectivity index is 1.72. The number of hydrogen-bond donors (Lipinski definition) is 1.